The van der Waals surface area contributed by atoms with E-state index in [1.165, 1.54) is 4.68 Å². The Bertz CT molecular complexity index is 1070. The standard InChI is InChI=1S/C22H29F2N7S/c1-3-29(4-2)11-8-12-30-21(27-28-22(30)32)16-14-25-31-18(19(23)24)13-17(26-20(16)31)15-9-6-5-7-10-15/h5-7,9-10,14,17-19,26H,3-4,8,11-13H2,1-2H3,(H,28,32)/t17-,18-/m0/s1. The molecule has 172 valence electrons. The van der Waals surface area contributed by atoms with E-state index in [1.807, 2.05) is 34.9 Å². The summed E-state index contributed by atoms with van der Waals surface area (Å²) in [7, 11) is 0. The highest BCUT2D eigenvalue weighted by Crippen LogP contribution is 2.41. The van der Waals surface area contributed by atoms with Crippen molar-refractivity contribution in [1.29, 1.82) is 0 Å². The molecule has 0 bridgehead atoms. The van der Waals surface area contributed by atoms with E-state index in [-0.39, 0.29) is 12.5 Å². The first-order valence-electron chi connectivity index (χ1n) is 11.1. The van der Waals surface area contributed by atoms with Gasteiger partial charge in [0.05, 0.1) is 17.8 Å². The van der Waals surface area contributed by atoms with E-state index in [0.29, 0.717) is 28.5 Å². The minimum Gasteiger partial charge on any atom is -0.363 e. The number of fused-ring (bicyclic) bond motifs is 1. The van der Waals surface area contributed by atoms with Gasteiger partial charge < -0.3 is 10.2 Å². The molecule has 0 radical (unpaired) electrons. The summed E-state index contributed by atoms with van der Waals surface area (Å²) in [6, 6.07) is 8.41. The van der Waals surface area contributed by atoms with Gasteiger partial charge >= 0.3 is 0 Å². The summed E-state index contributed by atoms with van der Waals surface area (Å²) in [6.45, 7) is 7.92. The fraction of sp³-hybridized carbons (Fsp3) is 0.500. The quantitative estimate of drug-likeness (QED) is 0.444. The van der Waals surface area contributed by atoms with Crippen molar-refractivity contribution in [1.82, 2.24) is 29.4 Å². The van der Waals surface area contributed by atoms with Crippen LogP contribution >= 0.6 is 12.2 Å². The van der Waals surface area contributed by atoms with Crippen molar-refractivity contribution in [2.45, 2.75) is 51.7 Å². The molecule has 0 fully saturated rings. The zero-order valence-electron chi connectivity index (χ0n) is 18.3. The van der Waals surface area contributed by atoms with Gasteiger partial charge in [0.1, 0.15) is 11.9 Å². The highest BCUT2D eigenvalue weighted by Gasteiger charge is 2.36. The third-order valence-electron chi connectivity index (χ3n) is 6.14. The first-order chi connectivity index (χ1) is 15.5. The Kier molecular flexibility index (Phi) is 7.00. The maximum absolute atomic E-state index is 14.0. The predicted molar refractivity (Wildman–Crippen MR) is 124 cm³/mol. The third-order valence-corrected chi connectivity index (χ3v) is 6.45. The number of halogens is 2. The van der Waals surface area contributed by atoms with Crippen LogP contribution in [0, 0.1) is 4.77 Å². The van der Waals surface area contributed by atoms with Crippen LogP contribution < -0.4 is 5.32 Å². The van der Waals surface area contributed by atoms with Crippen molar-refractivity contribution in [3.05, 3.63) is 46.9 Å². The molecule has 3 heterocycles. The number of aromatic amines is 1. The minimum absolute atomic E-state index is 0.240. The molecule has 10 heteroatoms. The van der Waals surface area contributed by atoms with E-state index in [9.17, 15) is 8.78 Å². The Labute approximate surface area is 191 Å². The third kappa shape index (κ3) is 4.47. The molecule has 3 aromatic rings. The molecule has 7 nitrogen and oxygen atoms in total. The van der Waals surface area contributed by atoms with Crippen LogP contribution in [0.2, 0.25) is 0 Å². The molecule has 0 unspecified atom stereocenters. The Morgan fingerprint density at radius 3 is 2.66 bits per heavy atom. The largest absolute Gasteiger partial charge is 0.363 e. The first kappa shape index (κ1) is 22.6. The van der Waals surface area contributed by atoms with E-state index in [0.717, 1.165) is 31.6 Å². The van der Waals surface area contributed by atoms with Gasteiger partial charge in [0, 0.05) is 6.54 Å². The van der Waals surface area contributed by atoms with Gasteiger partial charge in [-0.1, -0.05) is 44.2 Å². The molecule has 2 N–H and O–H groups in total. The van der Waals surface area contributed by atoms with Gasteiger partial charge in [-0.3, -0.25) is 9.67 Å². The van der Waals surface area contributed by atoms with Gasteiger partial charge in [-0.05, 0) is 50.3 Å². The number of nitrogens with zero attached hydrogens (tertiary/aromatic N) is 5. The molecule has 0 saturated heterocycles. The number of H-pyrrole nitrogens is 1. The van der Waals surface area contributed by atoms with E-state index >= 15 is 0 Å². The summed E-state index contributed by atoms with van der Waals surface area (Å²) < 4.78 is 31.8. The van der Waals surface area contributed by atoms with Gasteiger partial charge in [-0.25, -0.2) is 13.5 Å². The summed E-state index contributed by atoms with van der Waals surface area (Å²) >= 11 is 5.47. The molecule has 1 aromatic carbocycles. The normalized spacial score (nSPS) is 18.2. The zero-order chi connectivity index (χ0) is 22.7. The SMILES string of the molecule is CCN(CC)CCCn1c(-c2cnn3c2N[C@H](c2ccccc2)C[C@H]3C(F)F)n[nH]c1=S. The number of aromatic nitrogens is 5. The lowest BCUT2D eigenvalue weighted by Gasteiger charge is -2.32. The van der Waals surface area contributed by atoms with Crippen molar-refractivity contribution in [3.63, 3.8) is 0 Å². The van der Waals surface area contributed by atoms with Gasteiger partial charge in [-0.2, -0.15) is 10.2 Å². The minimum atomic E-state index is -2.52. The number of alkyl halides is 2. The summed E-state index contributed by atoms with van der Waals surface area (Å²) in [6.07, 6.45) is 0.250. The van der Waals surface area contributed by atoms with Crippen LogP contribution in [-0.2, 0) is 6.54 Å². The van der Waals surface area contributed by atoms with Crippen molar-refractivity contribution in [2.75, 3.05) is 25.0 Å². The fourth-order valence-corrected chi connectivity index (χ4v) is 4.55. The lowest BCUT2D eigenvalue weighted by molar-refractivity contribution is 0.0659. The van der Waals surface area contributed by atoms with Gasteiger partial charge in [0.2, 0.25) is 0 Å². The molecular weight excluding hydrogens is 432 g/mol. The Hall–Kier alpha value is -2.59. The van der Waals surface area contributed by atoms with Crippen LogP contribution in [0.25, 0.3) is 11.4 Å². The molecular formula is C22H29F2N7S. The highest BCUT2D eigenvalue weighted by molar-refractivity contribution is 7.71. The van der Waals surface area contributed by atoms with Crippen LogP contribution in [0.4, 0.5) is 14.6 Å². The summed E-state index contributed by atoms with van der Waals surface area (Å²) in [5, 5.41) is 15.0. The molecule has 0 spiro atoms. The Morgan fingerprint density at radius 2 is 1.97 bits per heavy atom. The van der Waals surface area contributed by atoms with Crippen molar-refractivity contribution in [3.8, 4) is 11.4 Å². The molecule has 0 amide bonds. The average molecular weight is 462 g/mol. The van der Waals surface area contributed by atoms with Crippen LogP contribution in [0.15, 0.2) is 36.5 Å². The Balaban J connectivity index is 1.65. The number of benzene rings is 1. The maximum atomic E-state index is 14.0. The van der Waals surface area contributed by atoms with Crippen molar-refractivity contribution in [2.24, 2.45) is 0 Å². The smallest absolute Gasteiger partial charge is 0.260 e. The lowest BCUT2D eigenvalue weighted by Crippen LogP contribution is -2.31. The monoisotopic (exact) mass is 461 g/mol. The van der Waals surface area contributed by atoms with E-state index in [4.69, 9.17) is 12.2 Å². The summed E-state index contributed by atoms with van der Waals surface area (Å²) in [5.74, 6) is 1.17. The fourth-order valence-electron chi connectivity index (χ4n) is 4.32. The number of rotatable bonds is 9. The second-order valence-electron chi connectivity index (χ2n) is 7.98. The zero-order valence-corrected chi connectivity index (χ0v) is 19.2. The molecule has 32 heavy (non-hydrogen) atoms. The van der Waals surface area contributed by atoms with E-state index in [2.05, 4.69) is 39.4 Å². The van der Waals surface area contributed by atoms with Gasteiger partial charge in [0.25, 0.3) is 6.43 Å². The predicted octanol–water partition coefficient (Wildman–Crippen LogP) is 4.90. The van der Waals surface area contributed by atoms with Gasteiger partial charge in [-0.15, -0.1) is 0 Å². The van der Waals surface area contributed by atoms with E-state index < -0.39 is 12.5 Å². The maximum Gasteiger partial charge on any atom is 0.260 e. The topological polar surface area (TPSA) is 66.7 Å². The highest BCUT2D eigenvalue weighted by atomic mass is 32.1. The lowest BCUT2D eigenvalue weighted by atomic mass is 9.97. The average Bonchev–Trinajstić information content (AvgIpc) is 3.39. The summed E-state index contributed by atoms with van der Waals surface area (Å²) in [4.78, 5) is 2.35. The number of nitrogens with one attached hydrogen (secondary N) is 2. The van der Waals surface area contributed by atoms with Crippen molar-refractivity contribution >= 4 is 18.0 Å². The molecule has 1 aliphatic rings. The first-order valence-corrected chi connectivity index (χ1v) is 11.5. The molecule has 4 rings (SSSR count). The molecule has 2 atom stereocenters. The van der Waals surface area contributed by atoms with Crippen molar-refractivity contribution < 1.29 is 8.78 Å². The Morgan fingerprint density at radius 1 is 1.22 bits per heavy atom. The van der Waals surface area contributed by atoms with Gasteiger partial charge in [0.15, 0.2) is 10.6 Å². The van der Waals surface area contributed by atoms with Crippen LogP contribution in [0.1, 0.15) is 44.3 Å². The van der Waals surface area contributed by atoms with Crippen LogP contribution in [0.5, 0.6) is 0 Å². The second-order valence-corrected chi connectivity index (χ2v) is 8.37. The number of anilines is 1. The molecule has 2 aromatic heterocycles. The number of hydrogen-bond acceptors (Lipinski definition) is 5. The molecule has 1 aliphatic heterocycles. The molecule has 0 aliphatic carbocycles. The molecule has 0 saturated carbocycles. The van der Waals surface area contributed by atoms with Crippen LogP contribution in [-0.4, -0.2) is 55.5 Å². The summed E-state index contributed by atoms with van der Waals surface area (Å²) in [5.41, 5.74) is 1.64. The number of hydrogen-bond donors (Lipinski definition) is 2. The second kappa shape index (κ2) is 9.91. The van der Waals surface area contributed by atoms with Crippen LogP contribution in [0.3, 0.4) is 0 Å². The van der Waals surface area contributed by atoms with E-state index in [1.54, 1.807) is 6.20 Å².